The van der Waals surface area contributed by atoms with E-state index in [1.54, 1.807) is 0 Å². The third kappa shape index (κ3) is 2.99. The van der Waals surface area contributed by atoms with E-state index < -0.39 is 0 Å². The van der Waals surface area contributed by atoms with E-state index in [2.05, 4.69) is 15.5 Å². The maximum Gasteiger partial charge on any atom is 0.221 e. The molecule has 0 radical (unpaired) electrons. The Morgan fingerprint density at radius 1 is 1.29 bits per heavy atom. The van der Waals surface area contributed by atoms with Gasteiger partial charge in [-0.05, 0) is 38.1 Å². The molecule has 3 aliphatic rings. The summed E-state index contributed by atoms with van der Waals surface area (Å²) in [6, 6.07) is 1.19. The Kier molecular flexibility index (Phi) is 3.34. The number of carbonyl (C=O) groups excluding carboxylic acids is 1. The molecule has 96 valence electrons. The summed E-state index contributed by atoms with van der Waals surface area (Å²) in [5.74, 6) is 1.07. The number of nitrogens with zero attached hydrogens (tertiary/aromatic N) is 1. The largest absolute Gasteiger partial charge is 0.353 e. The fraction of sp³-hybridized carbons (Fsp3) is 0.923. The molecule has 1 aliphatic carbocycles. The number of likely N-dealkylation sites (tertiary alicyclic amines) is 1. The predicted molar refractivity (Wildman–Crippen MR) is 66.7 cm³/mol. The first-order chi connectivity index (χ1) is 8.31. The fourth-order valence-corrected chi connectivity index (χ4v) is 3.11. The zero-order chi connectivity index (χ0) is 11.7. The summed E-state index contributed by atoms with van der Waals surface area (Å²) < 4.78 is 0. The average molecular weight is 237 g/mol. The highest BCUT2D eigenvalue weighted by molar-refractivity contribution is 5.76. The van der Waals surface area contributed by atoms with Gasteiger partial charge in [-0.15, -0.1) is 0 Å². The van der Waals surface area contributed by atoms with Gasteiger partial charge in [-0.2, -0.15) is 0 Å². The second kappa shape index (κ2) is 4.94. The first kappa shape index (κ1) is 11.5. The molecule has 3 fully saturated rings. The van der Waals surface area contributed by atoms with Gasteiger partial charge in [0, 0.05) is 38.1 Å². The highest BCUT2D eigenvalue weighted by atomic mass is 16.1. The summed E-state index contributed by atoms with van der Waals surface area (Å²) >= 11 is 0. The van der Waals surface area contributed by atoms with E-state index in [0.717, 1.165) is 19.0 Å². The van der Waals surface area contributed by atoms with E-state index in [4.69, 9.17) is 0 Å². The van der Waals surface area contributed by atoms with Crippen molar-refractivity contribution >= 4 is 5.91 Å². The van der Waals surface area contributed by atoms with Crippen LogP contribution in [0, 0.1) is 5.92 Å². The zero-order valence-electron chi connectivity index (χ0n) is 10.5. The number of amides is 1. The summed E-state index contributed by atoms with van der Waals surface area (Å²) in [6.07, 6.45) is 5.72. The lowest BCUT2D eigenvalue weighted by Crippen LogP contribution is -2.40. The molecule has 0 aromatic carbocycles. The Hall–Kier alpha value is -0.610. The lowest BCUT2D eigenvalue weighted by Gasteiger charge is -2.24. The van der Waals surface area contributed by atoms with Crippen LogP contribution in [0.15, 0.2) is 0 Å². The van der Waals surface area contributed by atoms with Crippen LogP contribution < -0.4 is 10.6 Å². The van der Waals surface area contributed by atoms with Gasteiger partial charge in [0.1, 0.15) is 0 Å². The van der Waals surface area contributed by atoms with Crippen molar-refractivity contribution in [2.24, 2.45) is 5.92 Å². The first-order valence-corrected chi connectivity index (χ1v) is 7.06. The summed E-state index contributed by atoms with van der Waals surface area (Å²) in [7, 11) is 0. The third-order valence-electron chi connectivity index (χ3n) is 4.27. The van der Waals surface area contributed by atoms with Gasteiger partial charge in [0.25, 0.3) is 0 Å². The van der Waals surface area contributed by atoms with Gasteiger partial charge in [0.05, 0.1) is 0 Å². The minimum atomic E-state index is 0.246. The average Bonchev–Trinajstić information content (AvgIpc) is 3.03. The summed E-state index contributed by atoms with van der Waals surface area (Å²) in [5.41, 5.74) is 0. The molecule has 2 N–H and O–H groups in total. The van der Waals surface area contributed by atoms with Crippen LogP contribution in [0.4, 0.5) is 0 Å². The van der Waals surface area contributed by atoms with Gasteiger partial charge < -0.3 is 15.5 Å². The molecule has 0 spiro atoms. The van der Waals surface area contributed by atoms with E-state index in [-0.39, 0.29) is 5.91 Å². The van der Waals surface area contributed by atoms with Crippen molar-refractivity contribution in [2.45, 2.75) is 44.2 Å². The van der Waals surface area contributed by atoms with Crippen LogP contribution in [0.1, 0.15) is 32.1 Å². The second-order valence-electron chi connectivity index (χ2n) is 5.81. The fourth-order valence-electron chi connectivity index (χ4n) is 3.11. The monoisotopic (exact) mass is 237 g/mol. The smallest absolute Gasteiger partial charge is 0.221 e. The highest BCUT2D eigenvalue weighted by Crippen LogP contribution is 2.24. The highest BCUT2D eigenvalue weighted by Gasteiger charge is 2.34. The van der Waals surface area contributed by atoms with E-state index in [9.17, 15) is 4.79 Å². The topological polar surface area (TPSA) is 44.4 Å². The van der Waals surface area contributed by atoms with E-state index in [0.29, 0.717) is 18.5 Å². The molecule has 4 nitrogen and oxygen atoms in total. The number of nitrogens with one attached hydrogen (secondary N) is 2. The molecular formula is C13H23N3O. The molecular weight excluding hydrogens is 214 g/mol. The second-order valence-corrected chi connectivity index (χ2v) is 5.81. The first-order valence-electron chi connectivity index (χ1n) is 7.06. The standard InChI is InChI=1S/C13H23N3O/c17-13(15-11-3-4-11)5-7-16-8-10-2-1-6-14-12(10)9-16/h10-12,14H,1-9H2,(H,15,17). The van der Waals surface area contributed by atoms with Crippen LogP contribution in [0.5, 0.6) is 0 Å². The maximum absolute atomic E-state index is 11.6. The molecule has 2 heterocycles. The molecule has 3 rings (SSSR count). The molecule has 1 amide bonds. The van der Waals surface area contributed by atoms with Crippen LogP contribution >= 0.6 is 0 Å². The zero-order valence-corrected chi connectivity index (χ0v) is 10.5. The third-order valence-corrected chi connectivity index (χ3v) is 4.27. The molecule has 2 saturated heterocycles. The van der Waals surface area contributed by atoms with Crippen LogP contribution in [0.3, 0.4) is 0 Å². The van der Waals surface area contributed by atoms with E-state index >= 15 is 0 Å². The van der Waals surface area contributed by atoms with E-state index in [1.165, 1.54) is 38.8 Å². The van der Waals surface area contributed by atoms with Gasteiger partial charge in [0.2, 0.25) is 5.91 Å². The number of rotatable bonds is 4. The molecule has 17 heavy (non-hydrogen) atoms. The van der Waals surface area contributed by atoms with Crippen molar-refractivity contribution in [2.75, 3.05) is 26.2 Å². The van der Waals surface area contributed by atoms with Crippen molar-refractivity contribution in [1.82, 2.24) is 15.5 Å². The molecule has 2 atom stereocenters. The quantitative estimate of drug-likeness (QED) is 0.741. The van der Waals surface area contributed by atoms with Gasteiger partial charge in [-0.3, -0.25) is 4.79 Å². The number of fused-ring (bicyclic) bond motifs is 1. The van der Waals surface area contributed by atoms with Gasteiger partial charge in [-0.25, -0.2) is 0 Å². The van der Waals surface area contributed by atoms with Crippen LogP contribution in [-0.2, 0) is 4.79 Å². The molecule has 2 aliphatic heterocycles. The van der Waals surface area contributed by atoms with Crippen LogP contribution in [0.2, 0.25) is 0 Å². The number of hydrogen-bond acceptors (Lipinski definition) is 3. The van der Waals surface area contributed by atoms with Crippen molar-refractivity contribution in [3.8, 4) is 0 Å². The molecule has 1 saturated carbocycles. The van der Waals surface area contributed by atoms with Crippen molar-refractivity contribution < 1.29 is 4.79 Å². The number of carbonyl (C=O) groups is 1. The molecule has 2 unspecified atom stereocenters. The molecule has 0 bridgehead atoms. The van der Waals surface area contributed by atoms with Crippen molar-refractivity contribution in [1.29, 1.82) is 0 Å². The summed E-state index contributed by atoms with van der Waals surface area (Å²) in [5, 5.41) is 6.66. The van der Waals surface area contributed by atoms with Gasteiger partial charge in [-0.1, -0.05) is 0 Å². The molecule has 4 heteroatoms. The van der Waals surface area contributed by atoms with Crippen molar-refractivity contribution in [3.63, 3.8) is 0 Å². The normalized spacial score (nSPS) is 33.4. The SMILES string of the molecule is O=C(CCN1CC2CCCNC2C1)NC1CC1. The Morgan fingerprint density at radius 2 is 2.18 bits per heavy atom. The van der Waals surface area contributed by atoms with Crippen molar-refractivity contribution in [3.05, 3.63) is 0 Å². The predicted octanol–water partition coefficient (Wildman–Crippen LogP) is 0.339. The molecule has 0 aromatic heterocycles. The maximum atomic E-state index is 11.6. The van der Waals surface area contributed by atoms with E-state index in [1.807, 2.05) is 0 Å². The van der Waals surface area contributed by atoms with Gasteiger partial charge in [0.15, 0.2) is 0 Å². The summed E-state index contributed by atoms with van der Waals surface area (Å²) in [6.45, 7) is 4.44. The minimum absolute atomic E-state index is 0.246. The Bertz CT molecular complexity index is 276. The molecule has 0 aromatic rings. The number of piperidine rings is 1. The Balaban J connectivity index is 1.39. The Morgan fingerprint density at radius 3 is 2.94 bits per heavy atom. The minimum Gasteiger partial charge on any atom is -0.353 e. The van der Waals surface area contributed by atoms with Gasteiger partial charge >= 0.3 is 0 Å². The lowest BCUT2D eigenvalue weighted by molar-refractivity contribution is -0.121. The Labute approximate surface area is 103 Å². The number of hydrogen-bond donors (Lipinski definition) is 2. The lowest BCUT2D eigenvalue weighted by atomic mass is 9.94. The van der Waals surface area contributed by atoms with Crippen LogP contribution in [0.25, 0.3) is 0 Å². The van der Waals surface area contributed by atoms with Crippen LogP contribution in [-0.4, -0.2) is 49.1 Å². The summed E-state index contributed by atoms with van der Waals surface area (Å²) in [4.78, 5) is 14.1.